The van der Waals surface area contributed by atoms with Crippen molar-refractivity contribution in [2.24, 2.45) is 0 Å². The molecule has 1 aromatic carbocycles. The Labute approximate surface area is 137 Å². The highest BCUT2D eigenvalue weighted by Crippen LogP contribution is 2.20. The van der Waals surface area contributed by atoms with Gasteiger partial charge >= 0.3 is 11.8 Å². The lowest BCUT2D eigenvalue weighted by molar-refractivity contribution is -0.146. The Kier molecular flexibility index (Phi) is 5.98. The van der Waals surface area contributed by atoms with Gasteiger partial charge in [-0.1, -0.05) is 0 Å². The minimum atomic E-state index is -0.610. The van der Waals surface area contributed by atoms with Gasteiger partial charge < -0.3 is 15.3 Å². The summed E-state index contributed by atoms with van der Waals surface area (Å²) in [4.78, 5) is 26.0. The standard InChI is InChI=1S/C15H19IN2O3/c16-11-4-6-12(7-5-11)17-14(20)15(21)18-9-2-1-3-13(18)8-10-19/h4-7,13,19H,1-3,8-10H2,(H,17,20). The van der Waals surface area contributed by atoms with Crippen molar-refractivity contribution in [3.05, 3.63) is 27.8 Å². The summed E-state index contributed by atoms with van der Waals surface area (Å²) in [5, 5.41) is 11.7. The number of carbonyl (C=O) groups excluding carboxylic acids is 2. The maximum atomic E-state index is 12.3. The van der Waals surface area contributed by atoms with Crippen molar-refractivity contribution < 1.29 is 14.7 Å². The minimum Gasteiger partial charge on any atom is -0.396 e. The first-order chi connectivity index (χ1) is 10.1. The molecule has 2 amide bonds. The largest absolute Gasteiger partial charge is 0.396 e. The van der Waals surface area contributed by atoms with E-state index in [1.165, 1.54) is 0 Å². The Hall–Kier alpha value is -1.15. The molecule has 0 radical (unpaired) electrons. The van der Waals surface area contributed by atoms with Crippen LogP contribution in [0.2, 0.25) is 0 Å². The number of likely N-dealkylation sites (tertiary alicyclic amines) is 1. The number of aliphatic hydroxyl groups is 1. The van der Waals surface area contributed by atoms with Crippen molar-refractivity contribution >= 4 is 40.1 Å². The molecule has 0 aliphatic carbocycles. The molecule has 1 unspecified atom stereocenters. The quantitative estimate of drug-likeness (QED) is 0.600. The smallest absolute Gasteiger partial charge is 0.313 e. The number of nitrogens with one attached hydrogen (secondary N) is 1. The summed E-state index contributed by atoms with van der Waals surface area (Å²) in [6.45, 7) is 0.622. The molecule has 2 rings (SSSR count). The third-order valence-corrected chi connectivity index (χ3v) is 4.37. The summed E-state index contributed by atoms with van der Waals surface area (Å²) in [6.07, 6.45) is 3.32. The van der Waals surface area contributed by atoms with Crippen LogP contribution in [0.3, 0.4) is 0 Å². The van der Waals surface area contributed by atoms with Crippen LogP contribution >= 0.6 is 22.6 Å². The van der Waals surface area contributed by atoms with Crippen LogP contribution in [0, 0.1) is 3.57 Å². The Bertz CT molecular complexity index is 502. The van der Waals surface area contributed by atoms with E-state index in [0.717, 1.165) is 22.8 Å². The molecule has 1 heterocycles. The zero-order chi connectivity index (χ0) is 15.2. The fourth-order valence-corrected chi connectivity index (χ4v) is 2.92. The van der Waals surface area contributed by atoms with E-state index in [9.17, 15) is 9.59 Å². The van der Waals surface area contributed by atoms with E-state index in [4.69, 9.17) is 5.11 Å². The molecule has 1 fully saturated rings. The molecule has 1 saturated heterocycles. The highest BCUT2D eigenvalue weighted by atomic mass is 127. The van der Waals surface area contributed by atoms with Gasteiger partial charge in [0.1, 0.15) is 0 Å². The average Bonchev–Trinajstić information content (AvgIpc) is 2.50. The number of hydrogen-bond donors (Lipinski definition) is 2. The van der Waals surface area contributed by atoms with Gasteiger partial charge in [0.25, 0.3) is 0 Å². The predicted molar refractivity (Wildman–Crippen MR) is 88.8 cm³/mol. The van der Waals surface area contributed by atoms with E-state index >= 15 is 0 Å². The molecule has 0 bridgehead atoms. The molecule has 1 aromatic rings. The van der Waals surface area contributed by atoms with E-state index in [0.29, 0.717) is 18.7 Å². The molecule has 0 spiro atoms. The molecule has 0 saturated carbocycles. The minimum absolute atomic E-state index is 0.0290. The maximum Gasteiger partial charge on any atom is 0.313 e. The molecule has 114 valence electrons. The van der Waals surface area contributed by atoms with Crippen molar-refractivity contribution in [3.63, 3.8) is 0 Å². The van der Waals surface area contributed by atoms with Crippen LogP contribution < -0.4 is 5.32 Å². The number of piperidine rings is 1. The highest BCUT2D eigenvalue weighted by molar-refractivity contribution is 14.1. The summed E-state index contributed by atoms with van der Waals surface area (Å²) in [6, 6.07) is 7.26. The molecule has 21 heavy (non-hydrogen) atoms. The topological polar surface area (TPSA) is 69.6 Å². The number of benzene rings is 1. The van der Waals surface area contributed by atoms with Crippen LogP contribution in [0.1, 0.15) is 25.7 Å². The van der Waals surface area contributed by atoms with Gasteiger partial charge in [-0.2, -0.15) is 0 Å². The fourth-order valence-electron chi connectivity index (χ4n) is 2.57. The van der Waals surface area contributed by atoms with Crippen LogP contribution in [-0.2, 0) is 9.59 Å². The van der Waals surface area contributed by atoms with Gasteiger partial charge in [0.2, 0.25) is 0 Å². The Morgan fingerprint density at radius 2 is 2.00 bits per heavy atom. The van der Waals surface area contributed by atoms with Crippen LogP contribution in [0.4, 0.5) is 5.69 Å². The van der Waals surface area contributed by atoms with Crippen molar-refractivity contribution in [1.29, 1.82) is 0 Å². The van der Waals surface area contributed by atoms with E-state index in [-0.39, 0.29) is 12.6 Å². The van der Waals surface area contributed by atoms with Crippen molar-refractivity contribution in [2.75, 3.05) is 18.5 Å². The van der Waals surface area contributed by atoms with Crippen LogP contribution in [0.15, 0.2) is 24.3 Å². The van der Waals surface area contributed by atoms with Gasteiger partial charge in [-0.05, 0) is 72.5 Å². The lowest BCUT2D eigenvalue weighted by Crippen LogP contribution is -2.48. The summed E-state index contributed by atoms with van der Waals surface area (Å²) >= 11 is 2.18. The molecule has 1 aliphatic heterocycles. The molecule has 0 aromatic heterocycles. The first-order valence-corrected chi connectivity index (χ1v) is 8.18. The maximum absolute atomic E-state index is 12.3. The lowest BCUT2D eigenvalue weighted by Gasteiger charge is -2.35. The summed E-state index contributed by atoms with van der Waals surface area (Å²) in [5.74, 6) is -1.12. The molecule has 6 heteroatoms. The number of carbonyl (C=O) groups is 2. The molecule has 5 nitrogen and oxygen atoms in total. The monoisotopic (exact) mass is 402 g/mol. The fraction of sp³-hybridized carbons (Fsp3) is 0.467. The van der Waals surface area contributed by atoms with Gasteiger partial charge in [-0.3, -0.25) is 9.59 Å². The normalized spacial score (nSPS) is 18.4. The predicted octanol–water partition coefficient (Wildman–Crippen LogP) is 1.99. The third kappa shape index (κ3) is 4.41. The number of rotatable bonds is 3. The van der Waals surface area contributed by atoms with Crippen LogP contribution in [0.25, 0.3) is 0 Å². The molecular weight excluding hydrogens is 383 g/mol. The first-order valence-electron chi connectivity index (χ1n) is 7.10. The van der Waals surface area contributed by atoms with Crippen LogP contribution in [0.5, 0.6) is 0 Å². The molecular formula is C15H19IN2O3. The third-order valence-electron chi connectivity index (χ3n) is 3.65. The van der Waals surface area contributed by atoms with Gasteiger partial charge in [-0.15, -0.1) is 0 Å². The van der Waals surface area contributed by atoms with Crippen molar-refractivity contribution in [2.45, 2.75) is 31.7 Å². The summed E-state index contributed by atoms with van der Waals surface area (Å²) < 4.78 is 1.07. The number of amides is 2. The molecule has 1 atom stereocenters. The Morgan fingerprint density at radius 1 is 1.29 bits per heavy atom. The number of hydrogen-bond acceptors (Lipinski definition) is 3. The number of halogens is 1. The van der Waals surface area contributed by atoms with E-state index in [2.05, 4.69) is 27.9 Å². The Balaban J connectivity index is 2.00. The number of nitrogens with zero attached hydrogens (tertiary/aromatic N) is 1. The second-order valence-electron chi connectivity index (χ2n) is 5.12. The number of anilines is 1. The van der Waals surface area contributed by atoms with Gasteiger partial charge in [0, 0.05) is 28.5 Å². The van der Waals surface area contributed by atoms with Crippen LogP contribution in [-0.4, -0.2) is 41.0 Å². The highest BCUT2D eigenvalue weighted by Gasteiger charge is 2.30. The van der Waals surface area contributed by atoms with E-state index in [1.54, 1.807) is 17.0 Å². The average molecular weight is 402 g/mol. The summed E-state index contributed by atoms with van der Waals surface area (Å²) in [5.41, 5.74) is 0.615. The summed E-state index contributed by atoms with van der Waals surface area (Å²) in [7, 11) is 0. The SMILES string of the molecule is O=C(Nc1ccc(I)cc1)C(=O)N1CCCCC1CCO. The van der Waals surface area contributed by atoms with Crippen molar-refractivity contribution in [1.82, 2.24) is 4.90 Å². The molecule has 2 N–H and O–H groups in total. The van der Waals surface area contributed by atoms with Gasteiger partial charge in [0.15, 0.2) is 0 Å². The zero-order valence-electron chi connectivity index (χ0n) is 11.7. The Morgan fingerprint density at radius 3 is 2.67 bits per heavy atom. The zero-order valence-corrected chi connectivity index (χ0v) is 13.9. The molecule has 1 aliphatic rings. The van der Waals surface area contributed by atoms with E-state index < -0.39 is 11.8 Å². The first kappa shape index (κ1) is 16.2. The number of aliphatic hydroxyl groups excluding tert-OH is 1. The second kappa shape index (κ2) is 7.74. The lowest BCUT2D eigenvalue weighted by atomic mass is 9.99. The van der Waals surface area contributed by atoms with Gasteiger partial charge in [-0.25, -0.2) is 0 Å². The second-order valence-corrected chi connectivity index (χ2v) is 6.37. The van der Waals surface area contributed by atoms with Gasteiger partial charge in [0.05, 0.1) is 0 Å². The van der Waals surface area contributed by atoms with Crippen molar-refractivity contribution in [3.8, 4) is 0 Å². The van der Waals surface area contributed by atoms with E-state index in [1.807, 2.05) is 12.1 Å².